The van der Waals surface area contributed by atoms with Crippen molar-refractivity contribution in [3.05, 3.63) is 130 Å². The number of hydrogen-bond acceptors (Lipinski definition) is 4. The van der Waals surface area contributed by atoms with Crippen molar-refractivity contribution in [2.75, 3.05) is 10.8 Å². The van der Waals surface area contributed by atoms with Crippen LogP contribution in [0.5, 0.6) is 0 Å². The van der Waals surface area contributed by atoms with Crippen LogP contribution >= 0.6 is 0 Å². The number of nitrogens with one attached hydrogen (secondary N) is 1. The van der Waals surface area contributed by atoms with Crippen LogP contribution in [0.25, 0.3) is 0 Å². The van der Waals surface area contributed by atoms with Crippen LogP contribution in [0.15, 0.2) is 102 Å². The Hall–Kier alpha value is -4.43. The maximum Gasteiger partial charge on any atom is 0.264 e. The van der Waals surface area contributed by atoms with Crippen molar-refractivity contribution in [2.24, 2.45) is 0 Å². The minimum absolute atomic E-state index is 0.0886. The normalized spacial score (nSPS) is 12.7. The third-order valence-electron chi connectivity index (χ3n) is 8.09. The molecule has 0 aliphatic carbocycles. The van der Waals surface area contributed by atoms with Gasteiger partial charge in [-0.3, -0.25) is 13.9 Å². The number of benzene rings is 4. The molecule has 0 saturated heterocycles. The lowest BCUT2D eigenvalue weighted by Crippen LogP contribution is -2.54. The second kappa shape index (κ2) is 15.2. The van der Waals surface area contributed by atoms with Gasteiger partial charge in [0.05, 0.1) is 10.6 Å². The Morgan fingerprint density at radius 3 is 1.98 bits per heavy atom. The topological polar surface area (TPSA) is 86.8 Å². The summed E-state index contributed by atoms with van der Waals surface area (Å²) in [6.45, 7) is 11.2. The predicted octanol–water partition coefficient (Wildman–Crippen LogP) is 6.67. The molecule has 0 bridgehead atoms. The van der Waals surface area contributed by atoms with Gasteiger partial charge < -0.3 is 10.2 Å². The van der Waals surface area contributed by atoms with Crippen LogP contribution in [-0.4, -0.2) is 43.8 Å². The van der Waals surface area contributed by atoms with Gasteiger partial charge in [-0.2, -0.15) is 0 Å². The predicted molar refractivity (Wildman–Crippen MR) is 185 cm³/mol. The van der Waals surface area contributed by atoms with Crippen molar-refractivity contribution >= 4 is 27.5 Å². The highest BCUT2D eigenvalue weighted by molar-refractivity contribution is 7.92. The van der Waals surface area contributed by atoms with Crippen LogP contribution in [0.2, 0.25) is 0 Å². The summed E-state index contributed by atoms with van der Waals surface area (Å²) in [6, 6.07) is 28.5. The summed E-state index contributed by atoms with van der Waals surface area (Å²) in [4.78, 5) is 30.3. The molecule has 4 rings (SSSR count). The molecule has 2 amide bonds. The summed E-state index contributed by atoms with van der Waals surface area (Å²) in [7, 11) is -4.16. The largest absolute Gasteiger partial charge is 0.352 e. The number of nitrogens with zero attached hydrogens (tertiary/aromatic N) is 2. The molecule has 7 nitrogen and oxygen atoms in total. The van der Waals surface area contributed by atoms with E-state index in [0.717, 1.165) is 39.8 Å². The van der Waals surface area contributed by atoms with E-state index in [1.165, 1.54) is 4.31 Å². The highest BCUT2D eigenvalue weighted by Gasteiger charge is 2.35. The SMILES string of the molecule is CC[C@@H](C)NC(=O)[C@@H](Cc1ccccc1)N(Cc1cccc(C)c1)C(=O)CN(c1cc(C)cc(C)c1)S(=O)(=O)c1ccc(C)cc1. The van der Waals surface area contributed by atoms with Gasteiger partial charge in [-0.05, 0) is 87.6 Å². The van der Waals surface area contributed by atoms with Crippen LogP contribution in [0, 0.1) is 27.7 Å². The van der Waals surface area contributed by atoms with Gasteiger partial charge in [0.25, 0.3) is 10.0 Å². The molecule has 0 aromatic heterocycles. The molecule has 4 aromatic rings. The van der Waals surface area contributed by atoms with E-state index in [2.05, 4.69) is 5.32 Å². The number of hydrogen-bond donors (Lipinski definition) is 1. The first-order valence-electron chi connectivity index (χ1n) is 15.7. The fourth-order valence-corrected chi connectivity index (χ4v) is 6.86. The summed E-state index contributed by atoms with van der Waals surface area (Å²) >= 11 is 0. The second-order valence-electron chi connectivity index (χ2n) is 12.2. The molecule has 0 unspecified atom stereocenters. The van der Waals surface area contributed by atoms with Crippen LogP contribution in [-0.2, 0) is 32.6 Å². The van der Waals surface area contributed by atoms with Crippen LogP contribution in [0.4, 0.5) is 5.69 Å². The lowest BCUT2D eigenvalue weighted by atomic mass is 10.0. The average Bonchev–Trinajstić information content (AvgIpc) is 3.01. The number of anilines is 1. The Morgan fingerprint density at radius 2 is 1.37 bits per heavy atom. The molecule has 0 fully saturated rings. The molecule has 2 atom stereocenters. The Labute approximate surface area is 274 Å². The van der Waals surface area contributed by atoms with E-state index >= 15 is 0 Å². The van der Waals surface area contributed by atoms with Gasteiger partial charge in [0, 0.05) is 19.0 Å². The molecule has 0 heterocycles. The van der Waals surface area contributed by atoms with E-state index in [0.29, 0.717) is 5.69 Å². The fraction of sp³-hybridized carbons (Fsp3) is 0.316. The Morgan fingerprint density at radius 1 is 0.739 bits per heavy atom. The standard InChI is InChI=1S/C38H45N3O4S/c1-7-31(6)39-38(43)36(24-32-13-9-8-10-14-32)40(25-33-15-11-12-28(3)21-33)37(42)26-41(34-22-29(4)20-30(5)23-34)46(44,45)35-18-16-27(2)17-19-35/h8-23,31,36H,7,24-26H2,1-6H3,(H,39,43)/t31-,36-/m1/s1. The van der Waals surface area contributed by atoms with Crippen molar-refractivity contribution in [3.63, 3.8) is 0 Å². The van der Waals surface area contributed by atoms with E-state index in [-0.39, 0.29) is 29.8 Å². The van der Waals surface area contributed by atoms with E-state index in [1.54, 1.807) is 41.3 Å². The lowest BCUT2D eigenvalue weighted by Gasteiger charge is -2.34. The monoisotopic (exact) mass is 639 g/mol. The molecule has 8 heteroatoms. The number of aryl methyl sites for hydroxylation is 4. The van der Waals surface area contributed by atoms with Gasteiger partial charge in [0.15, 0.2) is 0 Å². The number of sulfonamides is 1. The maximum atomic E-state index is 14.6. The summed E-state index contributed by atoms with van der Waals surface area (Å²) in [5.74, 6) is -0.755. The zero-order chi connectivity index (χ0) is 33.4. The van der Waals surface area contributed by atoms with Crippen LogP contribution < -0.4 is 9.62 Å². The third-order valence-corrected chi connectivity index (χ3v) is 9.88. The highest BCUT2D eigenvalue weighted by Crippen LogP contribution is 2.27. The molecular weight excluding hydrogens is 595 g/mol. The summed E-state index contributed by atoms with van der Waals surface area (Å²) < 4.78 is 29.7. The molecule has 0 aliphatic rings. The van der Waals surface area contributed by atoms with E-state index < -0.39 is 28.5 Å². The minimum Gasteiger partial charge on any atom is -0.352 e. The molecule has 46 heavy (non-hydrogen) atoms. The molecule has 4 aromatic carbocycles. The van der Waals surface area contributed by atoms with E-state index in [1.807, 2.05) is 102 Å². The third kappa shape index (κ3) is 8.85. The first-order chi connectivity index (χ1) is 21.9. The van der Waals surface area contributed by atoms with Gasteiger partial charge in [-0.25, -0.2) is 8.42 Å². The summed E-state index contributed by atoms with van der Waals surface area (Å²) in [6.07, 6.45) is 1.000. The number of rotatable bonds is 13. The van der Waals surface area contributed by atoms with E-state index in [9.17, 15) is 18.0 Å². The molecule has 1 N–H and O–H groups in total. The maximum absolute atomic E-state index is 14.6. The smallest absolute Gasteiger partial charge is 0.264 e. The Balaban J connectivity index is 1.83. The number of carbonyl (C=O) groups excluding carboxylic acids is 2. The highest BCUT2D eigenvalue weighted by atomic mass is 32.2. The van der Waals surface area contributed by atoms with Gasteiger partial charge in [0.2, 0.25) is 11.8 Å². The Kier molecular flexibility index (Phi) is 11.4. The zero-order valence-corrected chi connectivity index (χ0v) is 28.5. The number of carbonyl (C=O) groups is 2. The molecule has 0 radical (unpaired) electrons. The second-order valence-corrected chi connectivity index (χ2v) is 14.1. The van der Waals surface area contributed by atoms with Crippen molar-refractivity contribution in [3.8, 4) is 0 Å². The van der Waals surface area contributed by atoms with Crippen LogP contribution in [0.3, 0.4) is 0 Å². The first kappa shape index (κ1) is 34.4. The number of amides is 2. The average molecular weight is 640 g/mol. The van der Waals surface area contributed by atoms with Crippen molar-refractivity contribution in [1.29, 1.82) is 0 Å². The summed E-state index contributed by atoms with van der Waals surface area (Å²) in [5.41, 5.74) is 5.83. The van der Waals surface area contributed by atoms with Crippen LogP contribution in [0.1, 0.15) is 53.6 Å². The quantitative estimate of drug-likeness (QED) is 0.177. The van der Waals surface area contributed by atoms with Gasteiger partial charge in [-0.1, -0.05) is 90.8 Å². The molecule has 0 spiro atoms. The van der Waals surface area contributed by atoms with Crippen molar-refractivity contribution < 1.29 is 18.0 Å². The lowest BCUT2D eigenvalue weighted by molar-refractivity contribution is -0.140. The van der Waals surface area contributed by atoms with Gasteiger partial charge in [0.1, 0.15) is 12.6 Å². The van der Waals surface area contributed by atoms with Crippen molar-refractivity contribution in [1.82, 2.24) is 10.2 Å². The fourth-order valence-electron chi connectivity index (χ4n) is 5.46. The molecule has 0 aliphatic heterocycles. The van der Waals surface area contributed by atoms with Gasteiger partial charge >= 0.3 is 0 Å². The molecule has 242 valence electrons. The summed E-state index contributed by atoms with van der Waals surface area (Å²) in [5, 5.41) is 3.08. The first-order valence-corrected chi connectivity index (χ1v) is 17.2. The van der Waals surface area contributed by atoms with E-state index in [4.69, 9.17) is 0 Å². The Bertz CT molecular complexity index is 1730. The molecule has 0 saturated carbocycles. The minimum atomic E-state index is -4.16. The molecular formula is C38H45N3O4S. The van der Waals surface area contributed by atoms with Gasteiger partial charge in [-0.15, -0.1) is 0 Å². The van der Waals surface area contributed by atoms with Crippen molar-refractivity contribution in [2.45, 2.75) is 77.9 Å². The zero-order valence-electron chi connectivity index (χ0n) is 27.7.